The first kappa shape index (κ1) is 12.5. The van der Waals surface area contributed by atoms with Crippen LogP contribution in [0.4, 0.5) is 0 Å². The van der Waals surface area contributed by atoms with Crippen LogP contribution in [-0.2, 0) is 10.1 Å². The first-order chi connectivity index (χ1) is 8.54. The Morgan fingerprint density at radius 2 is 1.67 bits per heavy atom. The zero-order chi connectivity index (χ0) is 13.2. The molecule has 0 saturated heterocycles. The monoisotopic (exact) mass is 260 g/mol. The standard InChI is InChI=1S/C14H12O3S/c1-2-12-13(11-7-4-3-5-8-11)9-6-10-14(12)18(15,16)17/h2-10H,1H2,(H,15,16,17). The Kier molecular flexibility index (Phi) is 3.32. The summed E-state index contributed by atoms with van der Waals surface area (Å²) >= 11 is 0. The molecule has 0 fully saturated rings. The molecule has 2 rings (SSSR count). The van der Waals surface area contributed by atoms with Gasteiger partial charge < -0.3 is 0 Å². The molecule has 0 spiro atoms. The van der Waals surface area contributed by atoms with Crippen LogP contribution in [0.2, 0.25) is 0 Å². The quantitative estimate of drug-likeness (QED) is 0.862. The summed E-state index contributed by atoms with van der Waals surface area (Å²) in [6, 6.07) is 14.1. The maximum absolute atomic E-state index is 11.3. The highest BCUT2D eigenvalue weighted by Crippen LogP contribution is 2.29. The molecule has 0 radical (unpaired) electrons. The summed E-state index contributed by atoms with van der Waals surface area (Å²) in [4.78, 5) is -0.126. The molecule has 0 unspecified atom stereocenters. The van der Waals surface area contributed by atoms with Crippen molar-refractivity contribution < 1.29 is 13.0 Å². The zero-order valence-electron chi connectivity index (χ0n) is 9.58. The maximum atomic E-state index is 11.3. The molecular weight excluding hydrogens is 248 g/mol. The molecule has 0 aliphatic rings. The molecular formula is C14H12O3S. The van der Waals surface area contributed by atoms with Gasteiger partial charge >= 0.3 is 0 Å². The van der Waals surface area contributed by atoms with E-state index in [1.54, 1.807) is 12.1 Å². The van der Waals surface area contributed by atoms with Gasteiger partial charge in [-0.1, -0.05) is 55.1 Å². The van der Waals surface area contributed by atoms with E-state index in [1.165, 1.54) is 12.1 Å². The topological polar surface area (TPSA) is 54.4 Å². The minimum atomic E-state index is -4.25. The molecule has 2 aromatic carbocycles. The Bertz CT molecular complexity index is 673. The van der Waals surface area contributed by atoms with Gasteiger partial charge in [0.1, 0.15) is 4.90 Å². The maximum Gasteiger partial charge on any atom is 0.295 e. The van der Waals surface area contributed by atoms with Gasteiger partial charge in [-0.15, -0.1) is 0 Å². The van der Waals surface area contributed by atoms with Gasteiger partial charge in [-0.05, 0) is 17.2 Å². The molecule has 0 saturated carbocycles. The van der Waals surface area contributed by atoms with Crippen molar-refractivity contribution in [1.82, 2.24) is 0 Å². The fourth-order valence-electron chi connectivity index (χ4n) is 1.85. The molecule has 0 aromatic heterocycles. The van der Waals surface area contributed by atoms with Crippen LogP contribution in [0, 0.1) is 0 Å². The smallest absolute Gasteiger partial charge is 0.282 e. The minimum Gasteiger partial charge on any atom is -0.282 e. The highest BCUT2D eigenvalue weighted by Gasteiger charge is 2.16. The van der Waals surface area contributed by atoms with E-state index in [2.05, 4.69) is 6.58 Å². The highest BCUT2D eigenvalue weighted by atomic mass is 32.2. The summed E-state index contributed by atoms with van der Waals surface area (Å²) in [7, 11) is -4.25. The van der Waals surface area contributed by atoms with Gasteiger partial charge in [0, 0.05) is 5.56 Å². The number of rotatable bonds is 3. The van der Waals surface area contributed by atoms with Crippen LogP contribution in [0.25, 0.3) is 17.2 Å². The molecule has 0 atom stereocenters. The van der Waals surface area contributed by atoms with E-state index in [-0.39, 0.29) is 4.90 Å². The molecule has 2 aromatic rings. The largest absolute Gasteiger partial charge is 0.295 e. The molecule has 92 valence electrons. The molecule has 18 heavy (non-hydrogen) atoms. The van der Waals surface area contributed by atoms with E-state index in [0.29, 0.717) is 5.56 Å². The summed E-state index contributed by atoms with van der Waals surface area (Å²) in [5.74, 6) is 0. The highest BCUT2D eigenvalue weighted by molar-refractivity contribution is 7.86. The van der Waals surface area contributed by atoms with Gasteiger partial charge in [0.15, 0.2) is 0 Å². The van der Waals surface area contributed by atoms with Crippen molar-refractivity contribution in [3.05, 3.63) is 60.7 Å². The Hall–Kier alpha value is -1.91. The Morgan fingerprint density at radius 3 is 2.22 bits per heavy atom. The molecule has 4 heteroatoms. The van der Waals surface area contributed by atoms with Crippen LogP contribution in [-0.4, -0.2) is 13.0 Å². The van der Waals surface area contributed by atoms with Gasteiger partial charge in [-0.3, -0.25) is 4.55 Å². The molecule has 0 aliphatic heterocycles. The van der Waals surface area contributed by atoms with E-state index >= 15 is 0 Å². The normalized spacial score (nSPS) is 11.2. The Morgan fingerprint density at radius 1 is 1.00 bits per heavy atom. The van der Waals surface area contributed by atoms with Gasteiger partial charge in [0.25, 0.3) is 10.1 Å². The molecule has 3 nitrogen and oxygen atoms in total. The third-order valence-corrected chi connectivity index (χ3v) is 3.54. The van der Waals surface area contributed by atoms with Crippen molar-refractivity contribution in [2.24, 2.45) is 0 Å². The lowest BCUT2D eigenvalue weighted by atomic mass is 10.00. The lowest BCUT2D eigenvalue weighted by molar-refractivity contribution is 0.483. The van der Waals surface area contributed by atoms with Crippen molar-refractivity contribution >= 4 is 16.2 Å². The van der Waals surface area contributed by atoms with E-state index in [1.807, 2.05) is 30.3 Å². The van der Waals surface area contributed by atoms with Crippen molar-refractivity contribution in [1.29, 1.82) is 0 Å². The van der Waals surface area contributed by atoms with Crippen molar-refractivity contribution in [2.75, 3.05) is 0 Å². The van der Waals surface area contributed by atoms with Gasteiger partial charge in [-0.25, -0.2) is 0 Å². The van der Waals surface area contributed by atoms with E-state index < -0.39 is 10.1 Å². The lowest BCUT2D eigenvalue weighted by Crippen LogP contribution is -2.01. The van der Waals surface area contributed by atoms with Crippen molar-refractivity contribution in [2.45, 2.75) is 4.90 Å². The van der Waals surface area contributed by atoms with Crippen LogP contribution in [0.15, 0.2) is 60.0 Å². The summed E-state index contributed by atoms with van der Waals surface area (Å²) in [6.45, 7) is 3.62. The van der Waals surface area contributed by atoms with Gasteiger partial charge in [0.05, 0.1) is 0 Å². The molecule has 0 amide bonds. The summed E-state index contributed by atoms with van der Waals surface area (Å²) < 4.78 is 31.8. The van der Waals surface area contributed by atoms with Crippen LogP contribution >= 0.6 is 0 Å². The van der Waals surface area contributed by atoms with E-state index in [9.17, 15) is 13.0 Å². The second kappa shape index (κ2) is 4.76. The predicted molar refractivity (Wildman–Crippen MR) is 71.8 cm³/mol. The third kappa shape index (κ3) is 2.34. The predicted octanol–water partition coefficient (Wildman–Crippen LogP) is 3.24. The first-order valence-corrected chi connectivity index (χ1v) is 6.76. The number of hydrogen-bond donors (Lipinski definition) is 1. The summed E-state index contributed by atoms with van der Waals surface area (Å²) in [6.07, 6.45) is 1.44. The SMILES string of the molecule is C=Cc1c(-c2ccccc2)cccc1S(=O)(=O)O. The first-order valence-electron chi connectivity index (χ1n) is 5.32. The average Bonchev–Trinajstić information content (AvgIpc) is 2.37. The number of benzene rings is 2. The fourth-order valence-corrected chi connectivity index (χ4v) is 2.57. The second-order valence-electron chi connectivity index (χ2n) is 3.76. The van der Waals surface area contributed by atoms with Crippen LogP contribution in [0.3, 0.4) is 0 Å². The van der Waals surface area contributed by atoms with Crippen LogP contribution in [0.5, 0.6) is 0 Å². The summed E-state index contributed by atoms with van der Waals surface area (Å²) in [5.41, 5.74) is 2.00. The third-order valence-electron chi connectivity index (χ3n) is 2.63. The lowest BCUT2D eigenvalue weighted by Gasteiger charge is -2.09. The van der Waals surface area contributed by atoms with Gasteiger partial charge in [0.2, 0.25) is 0 Å². The van der Waals surface area contributed by atoms with E-state index in [4.69, 9.17) is 0 Å². The van der Waals surface area contributed by atoms with Crippen LogP contribution in [0.1, 0.15) is 5.56 Å². The van der Waals surface area contributed by atoms with Crippen molar-refractivity contribution in [3.63, 3.8) is 0 Å². The second-order valence-corrected chi connectivity index (χ2v) is 5.15. The fraction of sp³-hybridized carbons (Fsp3) is 0. The Balaban J connectivity index is 2.75. The van der Waals surface area contributed by atoms with Crippen molar-refractivity contribution in [3.8, 4) is 11.1 Å². The molecule has 1 N–H and O–H groups in total. The Labute approximate surface area is 106 Å². The zero-order valence-corrected chi connectivity index (χ0v) is 10.4. The minimum absolute atomic E-state index is 0.126. The number of hydrogen-bond acceptors (Lipinski definition) is 2. The van der Waals surface area contributed by atoms with Crippen LogP contribution < -0.4 is 0 Å². The molecule has 0 heterocycles. The molecule has 0 bridgehead atoms. The van der Waals surface area contributed by atoms with E-state index in [0.717, 1.165) is 11.1 Å². The molecule has 0 aliphatic carbocycles. The average molecular weight is 260 g/mol. The van der Waals surface area contributed by atoms with Gasteiger partial charge in [-0.2, -0.15) is 8.42 Å². The summed E-state index contributed by atoms with van der Waals surface area (Å²) in [5, 5.41) is 0.